The molecule has 0 aliphatic carbocycles. The molecule has 3 aromatic rings. The number of fused-ring (bicyclic) bond motifs is 1. The number of nitrogens with zero attached hydrogens (tertiary/aromatic N) is 1. The van der Waals surface area contributed by atoms with Crippen molar-refractivity contribution in [2.24, 2.45) is 0 Å². The molecule has 2 aromatic carbocycles. The average molecular weight is 293 g/mol. The van der Waals surface area contributed by atoms with Gasteiger partial charge in [-0.1, -0.05) is 48.5 Å². The minimum atomic E-state index is -0.459. The van der Waals surface area contributed by atoms with Gasteiger partial charge in [-0.15, -0.1) is 0 Å². The first kappa shape index (κ1) is 14.1. The van der Waals surface area contributed by atoms with Crippen molar-refractivity contribution in [3.63, 3.8) is 0 Å². The van der Waals surface area contributed by atoms with Gasteiger partial charge in [0.05, 0.1) is 7.11 Å². The largest absolute Gasteiger partial charge is 0.487 e. The average Bonchev–Trinajstić information content (AvgIpc) is 2.59. The van der Waals surface area contributed by atoms with Crippen LogP contribution in [0.2, 0.25) is 0 Å². The molecule has 3 rings (SSSR count). The fourth-order valence-electron chi connectivity index (χ4n) is 2.19. The van der Waals surface area contributed by atoms with E-state index in [0.717, 1.165) is 10.9 Å². The number of hydrogen-bond donors (Lipinski definition) is 0. The van der Waals surface area contributed by atoms with E-state index in [1.165, 1.54) is 7.11 Å². The van der Waals surface area contributed by atoms with Gasteiger partial charge >= 0.3 is 5.97 Å². The Morgan fingerprint density at radius 2 is 1.82 bits per heavy atom. The van der Waals surface area contributed by atoms with Crippen LogP contribution in [0, 0.1) is 0 Å². The summed E-state index contributed by atoms with van der Waals surface area (Å²) in [7, 11) is 1.34. The Morgan fingerprint density at radius 3 is 2.59 bits per heavy atom. The topological polar surface area (TPSA) is 48.4 Å². The van der Waals surface area contributed by atoms with Crippen LogP contribution in [0.4, 0.5) is 0 Å². The summed E-state index contributed by atoms with van der Waals surface area (Å²) >= 11 is 0. The zero-order chi connectivity index (χ0) is 15.4. The number of ether oxygens (including phenoxy) is 2. The molecule has 0 bridgehead atoms. The fourth-order valence-corrected chi connectivity index (χ4v) is 2.19. The van der Waals surface area contributed by atoms with Crippen molar-refractivity contribution in [3.05, 3.63) is 71.9 Å². The molecule has 0 unspecified atom stereocenters. The zero-order valence-corrected chi connectivity index (χ0v) is 12.2. The van der Waals surface area contributed by atoms with E-state index in [1.807, 2.05) is 54.6 Å². The van der Waals surface area contributed by atoms with Gasteiger partial charge in [0.2, 0.25) is 0 Å². The van der Waals surface area contributed by atoms with Crippen molar-refractivity contribution in [1.29, 1.82) is 0 Å². The highest BCUT2D eigenvalue weighted by atomic mass is 16.5. The van der Waals surface area contributed by atoms with Crippen molar-refractivity contribution < 1.29 is 14.3 Å². The molecule has 1 aromatic heterocycles. The molecule has 0 saturated heterocycles. The molecule has 0 fully saturated rings. The molecule has 0 saturated carbocycles. The standard InChI is InChI=1S/C18H15NO3/c1-21-18(20)15-11-10-14-8-5-9-16(17(14)19-15)22-12-13-6-3-2-4-7-13/h2-11H,12H2,1H3. The molecule has 0 aliphatic rings. The number of methoxy groups -OCH3 is 1. The third-order valence-electron chi connectivity index (χ3n) is 3.31. The molecule has 110 valence electrons. The van der Waals surface area contributed by atoms with E-state index in [4.69, 9.17) is 9.47 Å². The predicted molar refractivity (Wildman–Crippen MR) is 83.9 cm³/mol. The van der Waals surface area contributed by atoms with Gasteiger partial charge in [-0.2, -0.15) is 0 Å². The minimum Gasteiger partial charge on any atom is -0.487 e. The van der Waals surface area contributed by atoms with Crippen LogP contribution in [0.15, 0.2) is 60.7 Å². The Hall–Kier alpha value is -2.88. The number of carbonyl (C=O) groups excluding carboxylic acids is 1. The number of aromatic nitrogens is 1. The molecule has 4 nitrogen and oxygen atoms in total. The molecular formula is C18H15NO3. The van der Waals surface area contributed by atoms with Gasteiger partial charge in [0.15, 0.2) is 0 Å². The van der Waals surface area contributed by atoms with Gasteiger partial charge in [-0.25, -0.2) is 9.78 Å². The second-order valence-corrected chi connectivity index (χ2v) is 4.79. The van der Waals surface area contributed by atoms with E-state index in [-0.39, 0.29) is 5.69 Å². The van der Waals surface area contributed by atoms with Crippen molar-refractivity contribution in [3.8, 4) is 5.75 Å². The van der Waals surface area contributed by atoms with E-state index in [1.54, 1.807) is 6.07 Å². The number of carbonyl (C=O) groups is 1. The van der Waals surface area contributed by atoms with Crippen LogP contribution >= 0.6 is 0 Å². The third-order valence-corrected chi connectivity index (χ3v) is 3.31. The van der Waals surface area contributed by atoms with Crippen molar-refractivity contribution >= 4 is 16.9 Å². The van der Waals surface area contributed by atoms with Gasteiger partial charge in [0.1, 0.15) is 23.6 Å². The first-order valence-corrected chi connectivity index (χ1v) is 6.93. The van der Waals surface area contributed by atoms with Gasteiger partial charge in [0, 0.05) is 5.39 Å². The maximum absolute atomic E-state index is 11.6. The first-order chi connectivity index (χ1) is 10.8. The van der Waals surface area contributed by atoms with E-state index >= 15 is 0 Å². The van der Waals surface area contributed by atoms with Crippen molar-refractivity contribution in [1.82, 2.24) is 4.98 Å². The lowest BCUT2D eigenvalue weighted by molar-refractivity contribution is 0.0594. The lowest BCUT2D eigenvalue weighted by atomic mass is 10.2. The van der Waals surface area contributed by atoms with E-state index < -0.39 is 5.97 Å². The van der Waals surface area contributed by atoms with Crippen LogP contribution in [0.3, 0.4) is 0 Å². The summed E-state index contributed by atoms with van der Waals surface area (Å²) in [5, 5.41) is 0.915. The Bertz CT molecular complexity index is 800. The van der Waals surface area contributed by atoms with Crippen molar-refractivity contribution in [2.75, 3.05) is 7.11 Å². The van der Waals surface area contributed by atoms with Crippen LogP contribution in [0.5, 0.6) is 5.75 Å². The molecule has 1 heterocycles. The van der Waals surface area contributed by atoms with Crippen LogP contribution in [-0.4, -0.2) is 18.1 Å². The lowest BCUT2D eigenvalue weighted by Crippen LogP contribution is -2.04. The minimum absolute atomic E-state index is 0.269. The van der Waals surface area contributed by atoms with Crippen LogP contribution in [0.1, 0.15) is 16.1 Å². The molecule has 0 aliphatic heterocycles. The van der Waals surface area contributed by atoms with Gasteiger partial charge < -0.3 is 9.47 Å². The van der Waals surface area contributed by atoms with Gasteiger partial charge in [-0.05, 0) is 17.7 Å². The van der Waals surface area contributed by atoms with Crippen LogP contribution in [-0.2, 0) is 11.3 Å². The SMILES string of the molecule is COC(=O)c1ccc2cccc(OCc3ccccc3)c2n1. The van der Waals surface area contributed by atoms with Crippen LogP contribution in [0.25, 0.3) is 10.9 Å². The normalized spacial score (nSPS) is 10.4. The quantitative estimate of drug-likeness (QED) is 0.690. The fraction of sp³-hybridized carbons (Fsp3) is 0.111. The molecule has 0 atom stereocenters. The number of pyridine rings is 1. The molecule has 0 N–H and O–H groups in total. The summed E-state index contributed by atoms with van der Waals surface area (Å²) in [6.07, 6.45) is 0. The zero-order valence-electron chi connectivity index (χ0n) is 12.2. The predicted octanol–water partition coefficient (Wildman–Crippen LogP) is 3.60. The van der Waals surface area contributed by atoms with E-state index in [2.05, 4.69) is 4.98 Å². The number of esters is 1. The maximum atomic E-state index is 11.6. The molecule has 0 spiro atoms. The number of rotatable bonds is 4. The highest BCUT2D eigenvalue weighted by Gasteiger charge is 2.10. The summed E-state index contributed by atoms with van der Waals surface area (Å²) in [6.45, 7) is 0.448. The molecule has 22 heavy (non-hydrogen) atoms. The second kappa shape index (κ2) is 6.26. The van der Waals surface area contributed by atoms with Gasteiger partial charge in [0.25, 0.3) is 0 Å². The Balaban J connectivity index is 1.93. The molecule has 4 heteroatoms. The third kappa shape index (κ3) is 2.91. The Kier molecular flexibility index (Phi) is 4.01. The Morgan fingerprint density at radius 1 is 1.00 bits per heavy atom. The highest BCUT2D eigenvalue weighted by Crippen LogP contribution is 2.25. The number of para-hydroxylation sites is 1. The number of hydrogen-bond acceptors (Lipinski definition) is 4. The first-order valence-electron chi connectivity index (χ1n) is 6.93. The molecule has 0 amide bonds. The summed E-state index contributed by atoms with van der Waals surface area (Å²) in [4.78, 5) is 16.0. The summed E-state index contributed by atoms with van der Waals surface area (Å²) in [5.74, 6) is 0.187. The second-order valence-electron chi connectivity index (χ2n) is 4.79. The lowest BCUT2D eigenvalue weighted by Gasteiger charge is -2.09. The van der Waals surface area contributed by atoms with Crippen LogP contribution < -0.4 is 4.74 Å². The summed E-state index contributed by atoms with van der Waals surface area (Å²) in [5.41, 5.74) is 2.00. The molecule has 0 radical (unpaired) electrons. The van der Waals surface area contributed by atoms with E-state index in [0.29, 0.717) is 17.9 Å². The van der Waals surface area contributed by atoms with Gasteiger partial charge in [-0.3, -0.25) is 0 Å². The summed E-state index contributed by atoms with van der Waals surface area (Å²) < 4.78 is 10.6. The monoisotopic (exact) mass is 293 g/mol. The highest BCUT2D eigenvalue weighted by molar-refractivity contribution is 5.92. The summed E-state index contributed by atoms with van der Waals surface area (Å²) in [6, 6.07) is 19.1. The smallest absolute Gasteiger partial charge is 0.356 e. The number of benzene rings is 2. The maximum Gasteiger partial charge on any atom is 0.356 e. The van der Waals surface area contributed by atoms with E-state index in [9.17, 15) is 4.79 Å². The molecular weight excluding hydrogens is 278 g/mol. The van der Waals surface area contributed by atoms with Crippen molar-refractivity contribution in [2.45, 2.75) is 6.61 Å². The Labute approximate surface area is 128 Å².